The highest BCUT2D eigenvalue weighted by molar-refractivity contribution is 6.01. The van der Waals surface area contributed by atoms with Gasteiger partial charge in [-0.3, -0.25) is 10.3 Å². The van der Waals surface area contributed by atoms with Crippen molar-refractivity contribution in [3.63, 3.8) is 0 Å². The van der Waals surface area contributed by atoms with Gasteiger partial charge >= 0.3 is 5.97 Å². The lowest BCUT2D eigenvalue weighted by Crippen LogP contribution is -2.33. The Morgan fingerprint density at radius 1 is 1.06 bits per heavy atom. The van der Waals surface area contributed by atoms with Crippen LogP contribution in [0.1, 0.15) is 52.6 Å². The Balaban J connectivity index is 1.72. The molecule has 176 valence electrons. The summed E-state index contributed by atoms with van der Waals surface area (Å²) in [6.45, 7) is 2.34. The Morgan fingerprint density at radius 2 is 1.79 bits per heavy atom. The number of phenols is 1. The number of benzene rings is 3. The first kappa shape index (κ1) is 23.3. The van der Waals surface area contributed by atoms with Crippen molar-refractivity contribution in [2.24, 2.45) is 4.99 Å². The Hall–Kier alpha value is -3.84. The zero-order valence-corrected chi connectivity index (χ0v) is 19.4. The van der Waals surface area contributed by atoms with Crippen LogP contribution < -0.4 is 14.8 Å². The predicted octanol–water partition coefficient (Wildman–Crippen LogP) is 4.81. The molecule has 7 nitrogen and oxygen atoms in total. The second-order valence-electron chi connectivity index (χ2n) is 7.87. The molecule has 0 saturated carbocycles. The molecule has 34 heavy (non-hydrogen) atoms. The van der Waals surface area contributed by atoms with E-state index in [9.17, 15) is 9.90 Å². The molecule has 0 saturated heterocycles. The van der Waals surface area contributed by atoms with Gasteiger partial charge in [-0.15, -0.1) is 0 Å². The second-order valence-corrected chi connectivity index (χ2v) is 7.87. The van der Waals surface area contributed by atoms with Crippen molar-refractivity contribution >= 4 is 11.7 Å². The number of ether oxygens (including phenoxy) is 3. The molecule has 7 heteroatoms. The second kappa shape index (κ2) is 10.4. The monoisotopic (exact) mass is 460 g/mol. The van der Waals surface area contributed by atoms with Crippen molar-refractivity contribution in [3.8, 4) is 17.2 Å². The standard InChI is InChI=1S/C27H28N2O5/c1-4-34-24-7-5-6-21(25(24)30)23-16-22(17-12-14-20(32-2)15-13-17)28-26(29-23)18-8-10-19(11-9-18)27(31)33-3/h5-15,23,26,29-30H,4,16H2,1-3H3/t23-,26+/m0/s1. The van der Waals surface area contributed by atoms with Crippen LogP contribution in [0.4, 0.5) is 0 Å². The first-order valence-electron chi connectivity index (χ1n) is 11.1. The number of nitrogens with zero attached hydrogens (tertiary/aromatic N) is 1. The quantitative estimate of drug-likeness (QED) is 0.492. The molecule has 2 N–H and O–H groups in total. The number of aliphatic imine (C=N–C) groups is 1. The Morgan fingerprint density at radius 3 is 2.44 bits per heavy atom. The highest BCUT2D eigenvalue weighted by Gasteiger charge is 2.28. The van der Waals surface area contributed by atoms with Gasteiger partial charge < -0.3 is 19.3 Å². The summed E-state index contributed by atoms with van der Waals surface area (Å²) in [7, 11) is 2.99. The molecule has 0 aromatic heterocycles. The lowest BCUT2D eigenvalue weighted by Gasteiger charge is -2.31. The molecule has 0 amide bonds. The largest absolute Gasteiger partial charge is 0.504 e. The van der Waals surface area contributed by atoms with E-state index in [0.29, 0.717) is 24.3 Å². The third-order valence-corrected chi connectivity index (χ3v) is 5.82. The molecule has 0 bridgehead atoms. The van der Waals surface area contributed by atoms with Crippen LogP contribution in [-0.2, 0) is 4.74 Å². The van der Waals surface area contributed by atoms with Gasteiger partial charge in [0.15, 0.2) is 11.5 Å². The molecule has 1 aliphatic heterocycles. The van der Waals surface area contributed by atoms with Crippen LogP contribution in [0.5, 0.6) is 17.2 Å². The fraction of sp³-hybridized carbons (Fsp3) is 0.259. The first-order chi connectivity index (χ1) is 16.5. The summed E-state index contributed by atoms with van der Waals surface area (Å²) in [5.74, 6) is 0.958. The summed E-state index contributed by atoms with van der Waals surface area (Å²) in [6, 6.07) is 20.3. The van der Waals surface area contributed by atoms with Gasteiger partial charge in [-0.2, -0.15) is 0 Å². The molecule has 0 aliphatic carbocycles. The summed E-state index contributed by atoms with van der Waals surface area (Å²) in [6.07, 6.45) is 0.198. The number of carbonyl (C=O) groups is 1. The van der Waals surface area contributed by atoms with E-state index in [2.05, 4.69) is 5.32 Å². The van der Waals surface area contributed by atoms with Crippen LogP contribution in [0.25, 0.3) is 0 Å². The molecule has 0 fully saturated rings. The van der Waals surface area contributed by atoms with Crippen LogP contribution in [0, 0.1) is 0 Å². The Kier molecular flexibility index (Phi) is 7.13. The number of aromatic hydroxyl groups is 1. The molecule has 2 atom stereocenters. The van der Waals surface area contributed by atoms with Crippen LogP contribution in [0.3, 0.4) is 0 Å². The molecule has 0 unspecified atom stereocenters. The SMILES string of the molecule is CCOc1cccc([C@@H]2CC(c3ccc(OC)cc3)=N[C@@H](c3ccc(C(=O)OC)cc3)N2)c1O. The summed E-state index contributed by atoms with van der Waals surface area (Å²) in [4.78, 5) is 16.8. The number of para-hydroxylation sites is 1. The van der Waals surface area contributed by atoms with Gasteiger partial charge in [-0.25, -0.2) is 4.79 Å². The van der Waals surface area contributed by atoms with Crippen molar-refractivity contribution in [1.29, 1.82) is 0 Å². The van der Waals surface area contributed by atoms with Crippen LogP contribution in [0.2, 0.25) is 0 Å². The van der Waals surface area contributed by atoms with Crippen molar-refractivity contribution < 1.29 is 24.1 Å². The molecule has 0 spiro atoms. The molecule has 3 aromatic carbocycles. The smallest absolute Gasteiger partial charge is 0.337 e. The Labute approximate surface area is 199 Å². The number of esters is 1. The summed E-state index contributed by atoms with van der Waals surface area (Å²) >= 11 is 0. The normalized spacial score (nSPS) is 17.6. The zero-order chi connectivity index (χ0) is 24.1. The molecule has 0 radical (unpaired) electrons. The van der Waals surface area contributed by atoms with Gasteiger partial charge in [0.05, 0.1) is 26.4 Å². The van der Waals surface area contributed by atoms with Gasteiger partial charge in [0.25, 0.3) is 0 Å². The summed E-state index contributed by atoms with van der Waals surface area (Å²) < 4.78 is 15.7. The van der Waals surface area contributed by atoms with Gasteiger partial charge in [-0.05, 0) is 60.5 Å². The van der Waals surface area contributed by atoms with Gasteiger partial charge in [-0.1, -0.05) is 24.3 Å². The number of hydrogen-bond donors (Lipinski definition) is 2. The Bertz CT molecular complexity index is 1170. The van der Waals surface area contributed by atoms with Gasteiger partial charge in [0, 0.05) is 23.7 Å². The molecule has 3 aromatic rings. The van der Waals surface area contributed by atoms with E-state index >= 15 is 0 Å². The zero-order valence-electron chi connectivity index (χ0n) is 19.4. The molecular weight excluding hydrogens is 432 g/mol. The molecule has 4 rings (SSSR count). The van der Waals surface area contributed by atoms with E-state index in [4.69, 9.17) is 19.2 Å². The van der Waals surface area contributed by atoms with Gasteiger partial charge in [0.2, 0.25) is 0 Å². The molecule has 1 aliphatic rings. The number of rotatable bonds is 7. The van der Waals surface area contributed by atoms with E-state index in [1.165, 1.54) is 7.11 Å². The highest BCUT2D eigenvalue weighted by atomic mass is 16.5. The third kappa shape index (κ3) is 4.89. The average molecular weight is 461 g/mol. The highest BCUT2D eigenvalue weighted by Crippen LogP contribution is 2.39. The maximum Gasteiger partial charge on any atom is 0.337 e. The lowest BCUT2D eigenvalue weighted by molar-refractivity contribution is 0.0600. The maximum atomic E-state index is 11.8. The van der Waals surface area contributed by atoms with E-state index < -0.39 is 0 Å². The van der Waals surface area contributed by atoms with Crippen molar-refractivity contribution in [3.05, 3.63) is 89.0 Å². The number of carbonyl (C=O) groups excluding carboxylic acids is 1. The predicted molar refractivity (Wildman–Crippen MR) is 130 cm³/mol. The number of methoxy groups -OCH3 is 2. The number of hydrogen-bond acceptors (Lipinski definition) is 7. The van der Waals surface area contributed by atoms with E-state index in [1.807, 2.05) is 55.5 Å². The van der Waals surface area contributed by atoms with Gasteiger partial charge in [0.1, 0.15) is 11.9 Å². The lowest BCUT2D eigenvalue weighted by atomic mass is 9.93. The summed E-state index contributed by atoms with van der Waals surface area (Å²) in [5.41, 5.74) is 3.98. The number of nitrogens with one attached hydrogen (secondary N) is 1. The minimum Gasteiger partial charge on any atom is -0.504 e. The maximum absolute atomic E-state index is 11.8. The minimum atomic E-state index is -0.388. The van der Waals surface area contributed by atoms with Crippen LogP contribution in [0.15, 0.2) is 71.7 Å². The topological polar surface area (TPSA) is 89.4 Å². The van der Waals surface area contributed by atoms with E-state index in [1.54, 1.807) is 25.3 Å². The summed E-state index contributed by atoms with van der Waals surface area (Å²) in [5, 5.41) is 14.4. The average Bonchev–Trinajstić information content (AvgIpc) is 2.89. The third-order valence-electron chi connectivity index (χ3n) is 5.82. The minimum absolute atomic E-state index is 0.123. The van der Waals surface area contributed by atoms with Crippen LogP contribution >= 0.6 is 0 Å². The fourth-order valence-corrected chi connectivity index (χ4v) is 4.05. The molecular formula is C27H28N2O5. The van der Waals surface area contributed by atoms with Crippen LogP contribution in [-0.4, -0.2) is 37.6 Å². The first-order valence-corrected chi connectivity index (χ1v) is 11.1. The number of phenolic OH excluding ortho intramolecular Hbond substituents is 1. The van der Waals surface area contributed by atoms with E-state index in [-0.39, 0.29) is 23.9 Å². The van der Waals surface area contributed by atoms with E-state index in [0.717, 1.165) is 28.2 Å². The van der Waals surface area contributed by atoms with Crippen molar-refractivity contribution in [1.82, 2.24) is 5.32 Å². The van der Waals surface area contributed by atoms with Crippen molar-refractivity contribution in [2.75, 3.05) is 20.8 Å². The molecule has 1 heterocycles. The van der Waals surface area contributed by atoms with Crippen molar-refractivity contribution in [2.45, 2.75) is 25.6 Å². The fourth-order valence-electron chi connectivity index (χ4n) is 4.05.